The fourth-order valence-corrected chi connectivity index (χ4v) is 2.53. The Morgan fingerprint density at radius 2 is 1.96 bits per heavy atom. The summed E-state index contributed by atoms with van der Waals surface area (Å²) in [7, 11) is 3.78. The number of nitrogens with zero attached hydrogens (tertiary/aromatic N) is 4. The minimum atomic E-state index is 0.699. The summed E-state index contributed by atoms with van der Waals surface area (Å²) in [6.07, 6.45) is 4.49. The molecule has 0 aliphatic carbocycles. The van der Waals surface area contributed by atoms with Gasteiger partial charge in [-0.1, -0.05) is 12.1 Å². The van der Waals surface area contributed by atoms with Crippen LogP contribution in [0.1, 0.15) is 6.42 Å². The van der Waals surface area contributed by atoms with Gasteiger partial charge in [0, 0.05) is 50.7 Å². The van der Waals surface area contributed by atoms with Gasteiger partial charge in [-0.25, -0.2) is 9.97 Å². The SMILES string of the molecule is COCCCN(C)c1nc(-c2cccnc2)nc2ccccc12. The standard InChI is InChI=1S/C18H20N4O/c1-22(11-6-12-23-2)18-15-8-3-4-9-16(15)20-17(21-18)14-7-5-10-19-13-14/h3-5,7-10,13H,6,11-12H2,1-2H3. The zero-order valence-corrected chi connectivity index (χ0v) is 13.4. The van der Waals surface area contributed by atoms with Crippen molar-refractivity contribution < 1.29 is 4.74 Å². The predicted molar refractivity (Wildman–Crippen MR) is 92.5 cm³/mol. The topological polar surface area (TPSA) is 51.1 Å². The fraction of sp³-hybridized carbons (Fsp3) is 0.278. The molecule has 0 saturated carbocycles. The van der Waals surface area contributed by atoms with Crippen molar-refractivity contribution >= 4 is 16.7 Å². The summed E-state index contributed by atoms with van der Waals surface area (Å²) < 4.78 is 5.14. The molecule has 0 bridgehead atoms. The Morgan fingerprint density at radius 3 is 2.74 bits per heavy atom. The third kappa shape index (κ3) is 3.46. The van der Waals surface area contributed by atoms with E-state index in [1.165, 1.54) is 0 Å². The number of hydrogen-bond acceptors (Lipinski definition) is 5. The average molecular weight is 308 g/mol. The molecular formula is C18H20N4O. The van der Waals surface area contributed by atoms with Crippen LogP contribution in [0, 0.1) is 0 Å². The van der Waals surface area contributed by atoms with Crippen LogP contribution < -0.4 is 4.90 Å². The molecule has 0 fully saturated rings. The molecule has 0 amide bonds. The smallest absolute Gasteiger partial charge is 0.163 e. The van der Waals surface area contributed by atoms with Crippen LogP contribution in [0.25, 0.3) is 22.3 Å². The number of rotatable bonds is 6. The van der Waals surface area contributed by atoms with Gasteiger partial charge in [-0.2, -0.15) is 0 Å². The second-order valence-corrected chi connectivity index (χ2v) is 5.40. The summed E-state index contributed by atoms with van der Waals surface area (Å²) in [5.41, 5.74) is 1.86. The second kappa shape index (κ2) is 7.15. The first-order chi connectivity index (χ1) is 11.3. The van der Waals surface area contributed by atoms with Crippen LogP contribution >= 0.6 is 0 Å². The minimum absolute atomic E-state index is 0.699. The van der Waals surface area contributed by atoms with Crippen molar-refractivity contribution in [1.29, 1.82) is 0 Å². The number of ether oxygens (including phenoxy) is 1. The zero-order valence-electron chi connectivity index (χ0n) is 13.4. The summed E-state index contributed by atoms with van der Waals surface area (Å²) in [5.74, 6) is 1.64. The molecule has 0 aliphatic heterocycles. The van der Waals surface area contributed by atoms with E-state index < -0.39 is 0 Å². The van der Waals surface area contributed by atoms with Crippen molar-refractivity contribution in [2.24, 2.45) is 0 Å². The van der Waals surface area contributed by atoms with Crippen molar-refractivity contribution in [2.75, 3.05) is 32.2 Å². The molecule has 2 aromatic heterocycles. The van der Waals surface area contributed by atoms with Crippen LogP contribution in [0.4, 0.5) is 5.82 Å². The highest BCUT2D eigenvalue weighted by Gasteiger charge is 2.12. The molecule has 0 radical (unpaired) electrons. The number of fused-ring (bicyclic) bond motifs is 1. The summed E-state index contributed by atoms with van der Waals surface area (Å²) in [6, 6.07) is 12.0. The normalized spacial score (nSPS) is 10.9. The molecule has 2 heterocycles. The predicted octanol–water partition coefficient (Wildman–Crippen LogP) is 3.16. The Bertz CT molecular complexity index is 776. The zero-order chi connectivity index (χ0) is 16.1. The molecule has 3 aromatic rings. The van der Waals surface area contributed by atoms with Crippen molar-refractivity contribution in [1.82, 2.24) is 15.0 Å². The quantitative estimate of drug-likeness (QED) is 0.655. The molecule has 5 heteroatoms. The van der Waals surface area contributed by atoms with Crippen LogP contribution in [0.2, 0.25) is 0 Å². The molecule has 0 atom stereocenters. The molecule has 1 aromatic carbocycles. The van der Waals surface area contributed by atoms with E-state index in [9.17, 15) is 0 Å². The lowest BCUT2D eigenvalue weighted by molar-refractivity contribution is 0.196. The van der Waals surface area contributed by atoms with Crippen LogP contribution in [-0.4, -0.2) is 42.3 Å². The summed E-state index contributed by atoms with van der Waals surface area (Å²) in [4.78, 5) is 15.8. The maximum Gasteiger partial charge on any atom is 0.163 e. The number of para-hydroxylation sites is 1. The number of hydrogen-bond donors (Lipinski definition) is 0. The third-order valence-electron chi connectivity index (χ3n) is 3.71. The lowest BCUT2D eigenvalue weighted by atomic mass is 10.2. The van der Waals surface area contributed by atoms with E-state index in [4.69, 9.17) is 9.72 Å². The van der Waals surface area contributed by atoms with E-state index in [1.54, 1.807) is 19.5 Å². The lowest BCUT2D eigenvalue weighted by Gasteiger charge is -2.20. The first kappa shape index (κ1) is 15.4. The van der Waals surface area contributed by atoms with Gasteiger partial charge in [-0.05, 0) is 30.7 Å². The number of benzene rings is 1. The van der Waals surface area contributed by atoms with Gasteiger partial charge in [0.25, 0.3) is 0 Å². The molecule has 0 N–H and O–H groups in total. The van der Waals surface area contributed by atoms with Gasteiger partial charge >= 0.3 is 0 Å². The highest BCUT2D eigenvalue weighted by Crippen LogP contribution is 2.26. The molecular weight excluding hydrogens is 288 g/mol. The van der Waals surface area contributed by atoms with E-state index in [0.717, 1.165) is 41.9 Å². The molecule has 0 spiro atoms. The van der Waals surface area contributed by atoms with E-state index in [0.29, 0.717) is 5.82 Å². The van der Waals surface area contributed by atoms with Gasteiger partial charge in [-0.3, -0.25) is 4.98 Å². The summed E-state index contributed by atoms with van der Waals surface area (Å²) in [5, 5.41) is 1.06. The Hall–Kier alpha value is -2.53. The summed E-state index contributed by atoms with van der Waals surface area (Å²) >= 11 is 0. The number of aromatic nitrogens is 3. The average Bonchev–Trinajstić information content (AvgIpc) is 2.61. The van der Waals surface area contributed by atoms with Gasteiger partial charge in [0.1, 0.15) is 5.82 Å². The van der Waals surface area contributed by atoms with Crippen molar-refractivity contribution in [3.63, 3.8) is 0 Å². The molecule has 0 unspecified atom stereocenters. The summed E-state index contributed by atoms with van der Waals surface area (Å²) in [6.45, 7) is 1.62. The molecule has 118 valence electrons. The number of methoxy groups -OCH3 is 1. The monoisotopic (exact) mass is 308 g/mol. The van der Waals surface area contributed by atoms with Gasteiger partial charge < -0.3 is 9.64 Å². The molecule has 5 nitrogen and oxygen atoms in total. The third-order valence-corrected chi connectivity index (χ3v) is 3.71. The van der Waals surface area contributed by atoms with Crippen LogP contribution in [-0.2, 0) is 4.74 Å². The molecule has 3 rings (SSSR count). The van der Waals surface area contributed by atoms with Gasteiger partial charge in [0.15, 0.2) is 5.82 Å². The van der Waals surface area contributed by atoms with Crippen LogP contribution in [0.15, 0.2) is 48.8 Å². The Labute approximate surface area is 136 Å². The van der Waals surface area contributed by atoms with E-state index in [1.807, 2.05) is 30.3 Å². The van der Waals surface area contributed by atoms with Crippen molar-refractivity contribution in [3.8, 4) is 11.4 Å². The van der Waals surface area contributed by atoms with Gasteiger partial charge in [0.2, 0.25) is 0 Å². The molecule has 23 heavy (non-hydrogen) atoms. The van der Waals surface area contributed by atoms with Crippen molar-refractivity contribution in [2.45, 2.75) is 6.42 Å². The largest absolute Gasteiger partial charge is 0.385 e. The number of pyridine rings is 1. The maximum atomic E-state index is 5.14. The Kier molecular flexibility index (Phi) is 4.78. The second-order valence-electron chi connectivity index (χ2n) is 5.40. The van der Waals surface area contributed by atoms with Crippen LogP contribution in [0.3, 0.4) is 0 Å². The Morgan fingerprint density at radius 1 is 1.09 bits per heavy atom. The fourth-order valence-electron chi connectivity index (χ4n) is 2.53. The van der Waals surface area contributed by atoms with Crippen LogP contribution in [0.5, 0.6) is 0 Å². The maximum absolute atomic E-state index is 5.14. The highest BCUT2D eigenvalue weighted by molar-refractivity contribution is 5.90. The number of anilines is 1. The molecule has 0 saturated heterocycles. The molecule has 0 aliphatic rings. The Balaban J connectivity index is 2.04. The van der Waals surface area contributed by atoms with Gasteiger partial charge in [-0.15, -0.1) is 0 Å². The first-order valence-electron chi connectivity index (χ1n) is 7.67. The highest BCUT2D eigenvalue weighted by atomic mass is 16.5. The van der Waals surface area contributed by atoms with E-state index >= 15 is 0 Å². The van der Waals surface area contributed by atoms with E-state index in [-0.39, 0.29) is 0 Å². The van der Waals surface area contributed by atoms with Crippen molar-refractivity contribution in [3.05, 3.63) is 48.8 Å². The van der Waals surface area contributed by atoms with Gasteiger partial charge in [0.05, 0.1) is 5.52 Å². The lowest BCUT2D eigenvalue weighted by Crippen LogP contribution is -2.21. The minimum Gasteiger partial charge on any atom is -0.385 e. The van der Waals surface area contributed by atoms with E-state index in [2.05, 4.69) is 28.0 Å². The first-order valence-corrected chi connectivity index (χ1v) is 7.67.